The molecule has 6 heteroatoms. The highest BCUT2D eigenvalue weighted by Crippen LogP contribution is 2.38. The lowest BCUT2D eigenvalue weighted by molar-refractivity contribution is 1.07. The van der Waals surface area contributed by atoms with Crippen molar-refractivity contribution in [2.45, 2.75) is 0 Å². The summed E-state index contributed by atoms with van der Waals surface area (Å²) in [7, 11) is 0. The predicted octanol–water partition coefficient (Wildman–Crippen LogP) is 12.6. The van der Waals surface area contributed by atoms with Gasteiger partial charge in [-0.15, -0.1) is 0 Å². The first-order chi connectivity index (χ1) is 28.7. The van der Waals surface area contributed by atoms with Gasteiger partial charge in [0.25, 0.3) is 0 Å². The van der Waals surface area contributed by atoms with E-state index in [9.17, 15) is 0 Å². The molecule has 272 valence electrons. The number of fused-ring (bicyclic) bond motifs is 5. The van der Waals surface area contributed by atoms with Gasteiger partial charge in [-0.1, -0.05) is 164 Å². The molecular formula is C52H34N6. The minimum absolute atomic E-state index is 0.603. The molecule has 3 aromatic heterocycles. The highest BCUT2D eigenvalue weighted by molar-refractivity contribution is 5.97. The minimum Gasteiger partial charge on any atom is -0.278 e. The Labute approximate surface area is 335 Å². The van der Waals surface area contributed by atoms with E-state index in [2.05, 4.69) is 155 Å². The van der Waals surface area contributed by atoms with Crippen molar-refractivity contribution >= 4 is 27.8 Å². The number of rotatable bonds is 7. The van der Waals surface area contributed by atoms with Crippen LogP contribution in [0, 0.1) is 0 Å². The van der Waals surface area contributed by atoms with Crippen LogP contribution in [0.25, 0.3) is 101 Å². The van der Waals surface area contributed by atoms with Gasteiger partial charge >= 0.3 is 0 Å². The first kappa shape index (κ1) is 33.4. The van der Waals surface area contributed by atoms with Crippen LogP contribution < -0.4 is 0 Å². The summed E-state index contributed by atoms with van der Waals surface area (Å²) in [4.78, 5) is 20.5. The van der Waals surface area contributed by atoms with Crippen molar-refractivity contribution in [2.24, 2.45) is 0 Å². The van der Waals surface area contributed by atoms with Crippen LogP contribution in [0.2, 0.25) is 0 Å². The SMILES string of the molecule is c1ccc(-c2ccc3nc4n(-c5ccc(-c6nc(-c7ccccc7)nc(-c7ccccc7)n6)cc5-c5ccccc5)c5ccc(-c6ccccc6)cc5n4c3c2)cc1. The second-order valence-electron chi connectivity index (χ2n) is 14.4. The lowest BCUT2D eigenvalue weighted by atomic mass is 10.00. The van der Waals surface area contributed by atoms with E-state index >= 15 is 0 Å². The standard InChI is InChI=1S/C52H34N6/c1-6-16-35(17-7-1)40-26-29-44-47(33-40)58-48-34-41(36-18-8-2-9-19-36)27-31-46(48)57(52(58)53-44)45-30-28-42(32-43(45)37-20-10-3-11-21-37)51-55-49(38-22-12-4-13-23-38)54-50(56-51)39-24-14-5-15-25-39/h1-34H. The Kier molecular flexibility index (Phi) is 8.04. The van der Waals surface area contributed by atoms with Gasteiger partial charge in [0.05, 0.1) is 27.8 Å². The maximum Gasteiger partial charge on any atom is 0.220 e. The van der Waals surface area contributed by atoms with Gasteiger partial charge in [-0.2, -0.15) is 0 Å². The maximum absolute atomic E-state index is 5.36. The summed E-state index contributed by atoms with van der Waals surface area (Å²) >= 11 is 0. The Morgan fingerprint density at radius 2 is 0.741 bits per heavy atom. The molecule has 3 heterocycles. The van der Waals surface area contributed by atoms with E-state index in [4.69, 9.17) is 19.9 Å². The molecular weight excluding hydrogens is 709 g/mol. The highest BCUT2D eigenvalue weighted by atomic mass is 15.2. The molecule has 11 aromatic rings. The van der Waals surface area contributed by atoms with Gasteiger partial charge < -0.3 is 0 Å². The molecule has 6 nitrogen and oxygen atoms in total. The quantitative estimate of drug-likeness (QED) is 0.163. The van der Waals surface area contributed by atoms with Crippen LogP contribution in [-0.2, 0) is 0 Å². The second-order valence-corrected chi connectivity index (χ2v) is 14.4. The van der Waals surface area contributed by atoms with Gasteiger partial charge in [-0.05, 0) is 70.3 Å². The summed E-state index contributed by atoms with van der Waals surface area (Å²) < 4.78 is 4.62. The zero-order valence-electron chi connectivity index (χ0n) is 31.3. The van der Waals surface area contributed by atoms with Crippen LogP contribution in [0.15, 0.2) is 206 Å². The summed E-state index contributed by atoms with van der Waals surface area (Å²) in [6.07, 6.45) is 0. The molecule has 0 saturated heterocycles. The molecule has 0 bridgehead atoms. The van der Waals surface area contributed by atoms with E-state index in [1.807, 2.05) is 60.7 Å². The fourth-order valence-corrected chi connectivity index (χ4v) is 7.96. The fourth-order valence-electron chi connectivity index (χ4n) is 7.96. The third kappa shape index (κ3) is 5.83. The van der Waals surface area contributed by atoms with Crippen LogP contribution in [-0.4, -0.2) is 28.9 Å². The Balaban J connectivity index is 1.17. The molecule has 0 saturated carbocycles. The molecule has 58 heavy (non-hydrogen) atoms. The normalized spacial score (nSPS) is 11.4. The van der Waals surface area contributed by atoms with Crippen LogP contribution in [0.5, 0.6) is 0 Å². The van der Waals surface area contributed by atoms with Crippen molar-refractivity contribution in [2.75, 3.05) is 0 Å². The largest absolute Gasteiger partial charge is 0.278 e. The third-order valence-corrected chi connectivity index (χ3v) is 10.8. The molecule has 0 radical (unpaired) electrons. The van der Waals surface area contributed by atoms with Crippen molar-refractivity contribution in [1.82, 2.24) is 28.9 Å². The van der Waals surface area contributed by atoms with Crippen LogP contribution >= 0.6 is 0 Å². The van der Waals surface area contributed by atoms with E-state index in [1.165, 1.54) is 5.56 Å². The van der Waals surface area contributed by atoms with Gasteiger partial charge in [0.1, 0.15) is 0 Å². The van der Waals surface area contributed by atoms with Crippen molar-refractivity contribution in [1.29, 1.82) is 0 Å². The molecule has 8 aromatic carbocycles. The average Bonchev–Trinajstić information content (AvgIpc) is 3.84. The Morgan fingerprint density at radius 3 is 1.29 bits per heavy atom. The zero-order valence-corrected chi connectivity index (χ0v) is 31.3. The number of hydrogen-bond donors (Lipinski definition) is 0. The van der Waals surface area contributed by atoms with E-state index in [0.29, 0.717) is 17.5 Å². The van der Waals surface area contributed by atoms with Gasteiger partial charge in [-0.25, -0.2) is 19.9 Å². The van der Waals surface area contributed by atoms with Crippen molar-refractivity contribution < 1.29 is 0 Å². The summed E-state index contributed by atoms with van der Waals surface area (Å²) in [5, 5.41) is 0. The smallest absolute Gasteiger partial charge is 0.220 e. The molecule has 0 atom stereocenters. The predicted molar refractivity (Wildman–Crippen MR) is 236 cm³/mol. The van der Waals surface area contributed by atoms with Crippen LogP contribution in [0.3, 0.4) is 0 Å². The van der Waals surface area contributed by atoms with Gasteiger partial charge in [0.15, 0.2) is 17.5 Å². The lowest BCUT2D eigenvalue weighted by Crippen LogP contribution is -2.02. The minimum atomic E-state index is 0.603. The summed E-state index contributed by atoms with van der Waals surface area (Å²) in [6.45, 7) is 0. The zero-order chi connectivity index (χ0) is 38.4. The van der Waals surface area contributed by atoms with Crippen LogP contribution in [0.4, 0.5) is 0 Å². The van der Waals surface area contributed by atoms with E-state index in [0.717, 1.165) is 78.0 Å². The van der Waals surface area contributed by atoms with Gasteiger partial charge in [0, 0.05) is 22.3 Å². The second kappa shape index (κ2) is 14.0. The Bertz CT molecular complexity index is 3190. The van der Waals surface area contributed by atoms with E-state index in [-0.39, 0.29) is 0 Å². The summed E-state index contributed by atoms with van der Waals surface area (Å²) in [6, 6.07) is 71.6. The number of imidazole rings is 2. The first-order valence-corrected chi connectivity index (χ1v) is 19.4. The average molecular weight is 743 g/mol. The highest BCUT2D eigenvalue weighted by Gasteiger charge is 2.22. The molecule has 0 fully saturated rings. The van der Waals surface area contributed by atoms with Gasteiger partial charge in [-0.3, -0.25) is 8.97 Å². The summed E-state index contributed by atoms with van der Waals surface area (Å²) in [5.41, 5.74) is 14.6. The Morgan fingerprint density at radius 1 is 0.293 bits per heavy atom. The first-order valence-electron chi connectivity index (χ1n) is 19.4. The topological polar surface area (TPSA) is 60.9 Å². The molecule has 0 aliphatic heterocycles. The molecule has 0 aliphatic carbocycles. The van der Waals surface area contributed by atoms with E-state index in [1.54, 1.807) is 0 Å². The molecule has 0 unspecified atom stereocenters. The lowest BCUT2D eigenvalue weighted by Gasteiger charge is -2.15. The fraction of sp³-hybridized carbons (Fsp3) is 0. The number of benzene rings is 8. The van der Waals surface area contributed by atoms with Crippen molar-refractivity contribution in [3.05, 3.63) is 206 Å². The summed E-state index contributed by atoms with van der Waals surface area (Å²) in [5.74, 6) is 2.69. The third-order valence-electron chi connectivity index (χ3n) is 10.8. The van der Waals surface area contributed by atoms with Gasteiger partial charge in [0.2, 0.25) is 5.78 Å². The molecule has 0 aliphatic rings. The molecule has 0 amide bonds. The monoisotopic (exact) mass is 742 g/mol. The van der Waals surface area contributed by atoms with Crippen LogP contribution in [0.1, 0.15) is 0 Å². The molecule has 0 N–H and O–H groups in total. The Hall–Kier alpha value is -7.96. The molecule has 0 spiro atoms. The van der Waals surface area contributed by atoms with Crippen molar-refractivity contribution in [3.8, 4) is 73.2 Å². The molecule has 11 rings (SSSR count). The maximum atomic E-state index is 5.36. The number of aromatic nitrogens is 6. The number of nitrogens with zero attached hydrogens (tertiary/aromatic N) is 6. The van der Waals surface area contributed by atoms with Crippen molar-refractivity contribution in [3.63, 3.8) is 0 Å². The number of hydrogen-bond acceptors (Lipinski definition) is 4. The van der Waals surface area contributed by atoms with E-state index < -0.39 is 0 Å².